The van der Waals surface area contributed by atoms with Gasteiger partial charge in [-0.1, -0.05) is 12.1 Å². The molecule has 0 radical (unpaired) electrons. The number of hydrogen-bond acceptors (Lipinski definition) is 3. The van der Waals surface area contributed by atoms with Gasteiger partial charge >= 0.3 is 0 Å². The van der Waals surface area contributed by atoms with Crippen molar-refractivity contribution in [3.05, 3.63) is 35.7 Å². The number of benzene rings is 1. The summed E-state index contributed by atoms with van der Waals surface area (Å²) in [6.45, 7) is 11.3. The first-order chi connectivity index (χ1) is 9.60. The molecule has 0 bridgehead atoms. The van der Waals surface area contributed by atoms with Gasteiger partial charge in [-0.3, -0.25) is 9.69 Å². The number of amides is 1. The maximum absolute atomic E-state index is 12.3. The third kappa shape index (κ3) is 3.56. The van der Waals surface area contributed by atoms with E-state index in [0.29, 0.717) is 12.2 Å². The van der Waals surface area contributed by atoms with Crippen molar-refractivity contribution in [3.8, 4) is 0 Å². The summed E-state index contributed by atoms with van der Waals surface area (Å²) in [4.78, 5) is 21.7. The van der Waals surface area contributed by atoms with E-state index in [0.717, 1.165) is 31.9 Å². The Balaban J connectivity index is 1.92. The summed E-state index contributed by atoms with van der Waals surface area (Å²) in [6.07, 6.45) is 0. The Hall–Kier alpha value is -1.90. The lowest BCUT2D eigenvalue weighted by atomic mass is 10.2. The lowest BCUT2D eigenvalue weighted by Gasteiger charge is -2.32. The smallest absolute Gasteiger partial charge is 0.240 e. The van der Waals surface area contributed by atoms with Gasteiger partial charge in [0.2, 0.25) is 5.91 Å². The van der Waals surface area contributed by atoms with E-state index in [2.05, 4.69) is 21.7 Å². The minimum Gasteiger partial charge on any atom is -0.314 e. The molecule has 0 atom stereocenters. The van der Waals surface area contributed by atoms with Gasteiger partial charge < -0.3 is 9.80 Å². The van der Waals surface area contributed by atoms with Crippen molar-refractivity contribution in [1.82, 2.24) is 9.80 Å². The lowest BCUT2D eigenvalue weighted by molar-refractivity contribution is -0.119. The van der Waals surface area contributed by atoms with E-state index in [1.165, 1.54) is 0 Å². The molecule has 5 nitrogen and oxygen atoms in total. The highest BCUT2D eigenvalue weighted by atomic mass is 16.2. The van der Waals surface area contributed by atoms with E-state index in [9.17, 15) is 4.79 Å². The Morgan fingerprint density at radius 2 is 1.85 bits per heavy atom. The Kier molecular flexibility index (Phi) is 4.72. The highest BCUT2D eigenvalue weighted by Gasteiger charge is 2.19. The van der Waals surface area contributed by atoms with Crippen LogP contribution in [0.5, 0.6) is 0 Å². The highest BCUT2D eigenvalue weighted by Crippen LogP contribution is 2.19. The second kappa shape index (κ2) is 6.51. The Bertz CT molecular complexity index is 498. The molecule has 0 spiro atoms. The molecule has 1 fully saturated rings. The molecule has 5 heteroatoms. The fraction of sp³-hybridized carbons (Fsp3) is 0.467. The van der Waals surface area contributed by atoms with Gasteiger partial charge in [-0.05, 0) is 19.2 Å². The first kappa shape index (κ1) is 14.5. The monoisotopic (exact) mass is 272 g/mol. The molecule has 0 N–H and O–H groups in total. The summed E-state index contributed by atoms with van der Waals surface area (Å²) in [6, 6.07) is 7.11. The third-order valence-corrected chi connectivity index (χ3v) is 3.69. The van der Waals surface area contributed by atoms with Crippen molar-refractivity contribution >= 4 is 17.3 Å². The van der Waals surface area contributed by atoms with Gasteiger partial charge in [-0.2, -0.15) is 0 Å². The van der Waals surface area contributed by atoms with E-state index in [4.69, 9.17) is 6.57 Å². The molecule has 20 heavy (non-hydrogen) atoms. The number of anilines is 1. The van der Waals surface area contributed by atoms with Gasteiger partial charge in [-0.15, -0.1) is 0 Å². The van der Waals surface area contributed by atoms with Crippen molar-refractivity contribution in [2.24, 2.45) is 0 Å². The highest BCUT2D eigenvalue weighted by molar-refractivity contribution is 5.94. The zero-order valence-corrected chi connectivity index (χ0v) is 12.0. The predicted octanol–water partition coefficient (Wildman–Crippen LogP) is 1.45. The minimum absolute atomic E-state index is 0.0881. The van der Waals surface area contributed by atoms with Crippen molar-refractivity contribution in [1.29, 1.82) is 0 Å². The normalized spacial score (nSPS) is 16.6. The van der Waals surface area contributed by atoms with Crippen molar-refractivity contribution in [2.45, 2.75) is 0 Å². The first-order valence-electron chi connectivity index (χ1n) is 6.75. The molecule has 106 valence electrons. The number of nitrogens with zero attached hydrogens (tertiary/aromatic N) is 4. The largest absolute Gasteiger partial charge is 0.314 e. The SMILES string of the molecule is [C-]#[N+]c1ccc(N(C)C(=O)CN2CCN(C)CC2)cc1. The van der Waals surface area contributed by atoms with Gasteiger partial charge in [0.05, 0.1) is 13.1 Å². The number of piperazine rings is 1. The first-order valence-corrected chi connectivity index (χ1v) is 6.75. The number of hydrogen-bond donors (Lipinski definition) is 0. The standard InChI is InChI=1S/C15H20N4O/c1-16-13-4-6-14(7-5-13)18(3)15(20)12-19-10-8-17(2)9-11-19/h4-7H,8-12H2,2-3H3. The van der Waals surface area contributed by atoms with Crippen LogP contribution in [-0.4, -0.2) is 62.5 Å². The number of carbonyl (C=O) groups excluding carboxylic acids is 1. The zero-order valence-electron chi connectivity index (χ0n) is 12.0. The van der Waals surface area contributed by atoms with E-state index >= 15 is 0 Å². The van der Waals surface area contributed by atoms with E-state index in [1.807, 2.05) is 12.1 Å². The summed E-state index contributed by atoms with van der Waals surface area (Å²) >= 11 is 0. The van der Waals surface area contributed by atoms with Crippen LogP contribution in [0.3, 0.4) is 0 Å². The van der Waals surface area contributed by atoms with Gasteiger partial charge in [0.1, 0.15) is 0 Å². The lowest BCUT2D eigenvalue weighted by Crippen LogP contribution is -2.48. The molecular weight excluding hydrogens is 252 g/mol. The Morgan fingerprint density at radius 1 is 1.25 bits per heavy atom. The van der Waals surface area contributed by atoms with Crippen molar-refractivity contribution in [3.63, 3.8) is 0 Å². The topological polar surface area (TPSA) is 31.2 Å². The Morgan fingerprint density at radius 3 is 2.40 bits per heavy atom. The molecule has 1 aromatic carbocycles. The zero-order chi connectivity index (χ0) is 14.5. The number of likely N-dealkylation sites (N-methyl/N-ethyl adjacent to an activating group) is 2. The molecule has 1 heterocycles. The molecule has 1 aliphatic heterocycles. The average Bonchev–Trinajstić information content (AvgIpc) is 2.49. The summed E-state index contributed by atoms with van der Waals surface area (Å²) in [5, 5.41) is 0. The van der Waals surface area contributed by atoms with Crippen LogP contribution in [0.25, 0.3) is 4.85 Å². The summed E-state index contributed by atoms with van der Waals surface area (Å²) in [7, 11) is 3.88. The summed E-state index contributed by atoms with van der Waals surface area (Å²) in [5.74, 6) is 0.0881. The molecular formula is C15H20N4O. The molecule has 1 aliphatic rings. The van der Waals surface area contributed by atoms with Crippen LogP contribution in [0.4, 0.5) is 11.4 Å². The van der Waals surface area contributed by atoms with Crippen LogP contribution in [0.15, 0.2) is 24.3 Å². The van der Waals surface area contributed by atoms with Gasteiger partial charge in [0.15, 0.2) is 5.69 Å². The fourth-order valence-electron chi connectivity index (χ4n) is 2.20. The second-order valence-electron chi connectivity index (χ2n) is 5.16. The van der Waals surface area contributed by atoms with Crippen molar-refractivity contribution in [2.75, 3.05) is 51.7 Å². The maximum atomic E-state index is 12.3. The van der Waals surface area contributed by atoms with Crippen LogP contribution in [-0.2, 0) is 4.79 Å². The van der Waals surface area contributed by atoms with Gasteiger partial charge in [-0.25, -0.2) is 4.85 Å². The fourth-order valence-corrected chi connectivity index (χ4v) is 2.20. The molecule has 0 saturated carbocycles. The maximum Gasteiger partial charge on any atom is 0.240 e. The van der Waals surface area contributed by atoms with Gasteiger partial charge in [0, 0.05) is 38.9 Å². The third-order valence-electron chi connectivity index (χ3n) is 3.69. The second-order valence-corrected chi connectivity index (χ2v) is 5.16. The van der Waals surface area contributed by atoms with E-state index < -0.39 is 0 Å². The van der Waals surface area contributed by atoms with Gasteiger partial charge in [0.25, 0.3) is 0 Å². The quantitative estimate of drug-likeness (QED) is 0.780. The average molecular weight is 272 g/mol. The predicted molar refractivity (Wildman–Crippen MR) is 80.1 cm³/mol. The molecule has 2 rings (SSSR count). The number of carbonyl (C=O) groups is 1. The van der Waals surface area contributed by atoms with E-state index in [1.54, 1.807) is 24.1 Å². The van der Waals surface area contributed by atoms with Crippen LogP contribution < -0.4 is 4.90 Å². The van der Waals surface area contributed by atoms with Crippen LogP contribution in [0, 0.1) is 6.57 Å². The van der Waals surface area contributed by atoms with E-state index in [-0.39, 0.29) is 5.91 Å². The van der Waals surface area contributed by atoms with Crippen LogP contribution >= 0.6 is 0 Å². The molecule has 0 unspecified atom stereocenters. The van der Waals surface area contributed by atoms with Crippen LogP contribution in [0.1, 0.15) is 0 Å². The molecule has 1 aromatic rings. The molecule has 0 aliphatic carbocycles. The Labute approximate surface area is 120 Å². The minimum atomic E-state index is 0.0881. The van der Waals surface area contributed by atoms with Crippen LogP contribution in [0.2, 0.25) is 0 Å². The number of rotatable bonds is 3. The van der Waals surface area contributed by atoms with Crippen molar-refractivity contribution < 1.29 is 4.79 Å². The molecule has 0 aromatic heterocycles. The molecule has 1 amide bonds. The molecule has 1 saturated heterocycles. The summed E-state index contributed by atoms with van der Waals surface area (Å²) in [5.41, 5.74) is 1.42. The summed E-state index contributed by atoms with van der Waals surface area (Å²) < 4.78 is 0.